The number of aliphatic hydroxyl groups is 1. The molecule has 1 aromatic carbocycles. The van der Waals surface area contributed by atoms with Gasteiger partial charge in [0, 0.05) is 48.3 Å². The van der Waals surface area contributed by atoms with Gasteiger partial charge in [-0.1, -0.05) is 24.3 Å². The first-order chi connectivity index (χ1) is 16.9. The molecule has 1 unspecified atom stereocenters. The van der Waals surface area contributed by atoms with Crippen LogP contribution in [-0.2, 0) is 4.74 Å². The number of hydrogen-bond acceptors (Lipinski definition) is 6. The smallest absolute Gasteiger partial charge is 0.267 e. The second-order valence-electron chi connectivity index (χ2n) is 10.2. The van der Waals surface area contributed by atoms with Gasteiger partial charge in [0.1, 0.15) is 11.5 Å². The Morgan fingerprint density at radius 3 is 3.00 bits per heavy atom. The fourth-order valence-corrected chi connectivity index (χ4v) is 5.42. The minimum Gasteiger partial charge on any atom is -0.390 e. The van der Waals surface area contributed by atoms with Gasteiger partial charge in [-0.2, -0.15) is 0 Å². The van der Waals surface area contributed by atoms with Gasteiger partial charge in [-0.25, -0.2) is 4.98 Å². The van der Waals surface area contributed by atoms with Crippen molar-refractivity contribution < 1.29 is 14.6 Å². The van der Waals surface area contributed by atoms with E-state index in [-0.39, 0.29) is 17.9 Å². The zero-order valence-electron chi connectivity index (χ0n) is 20.2. The number of amides is 1. The van der Waals surface area contributed by atoms with Crippen LogP contribution >= 0.6 is 0 Å². The third kappa shape index (κ3) is 5.50. The molecule has 0 spiro atoms. The van der Waals surface area contributed by atoms with E-state index >= 15 is 0 Å². The number of rotatable bonds is 7. The number of nitrogen functional groups attached to an aromatic ring is 1. The highest BCUT2D eigenvalue weighted by Gasteiger charge is 2.38. The van der Waals surface area contributed by atoms with Gasteiger partial charge in [-0.05, 0) is 56.7 Å². The second-order valence-corrected chi connectivity index (χ2v) is 10.2. The zero-order valence-corrected chi connectivity index (χ0v) is 20.2. The average molecular weight is 478 g/mol. The van der Waals surface area contributed by atoms with Crippen LogP contribution in [0.4, 0.5) is 5.82 Å². The van der Waals surface area contributed by atoms with Crippen molar-refractivity contribution >= 4 is 22.6 Å². The number of hydrogen-bond donors (Lipinski definition) is 4. The molecule has 8 heteroatoms. The number of morpholine rings is 1. The Morgan fingerprint density at radius 2 is 2.20 bits per heavy atom. The number of benzene rings is 1. The van der Waals surface area contributed by atoms with Gasteiger partial charge in [-0.3, -0.25) is 9.69 Å². The number of carbonyl (C=O) groups excluding carboxylic acids is 1. The van der Waals surface area contributed by atoms with Crippen LogP contribution in [0.3, 0.4) is 0 Å². The summed E-state index contributed by atoms with van der Waals surface area (Å²) in [5, 5.41) is 15.4. The Labute approximate surface area is 205 Å². The van der Waals surface area contributed by atoms with E-state index in [1.807, 2.05) is 36.4 Å². The molecule has 2 aromatic heterocycles. The monoisotopic (exact) mass is 477 g/mol. The maximum Gasteiger partial charge on any atom is 0.267 e. The van der Waals surface area contributed by atoms with Gasteiger partial charge >= 0.3 is 0 Å². The number of anilines is 1. The molecule has 1 amide bonds. The lowest BCUT2D eigenvalue weighted by Gasteiger charge is -2.39. The summed E-state index contributed by atoms with van der Waals surface area (Å²) in [4.78, 5) is 22.4. The summed E-state index contributed by atoms with van der Waals surface area (Å²) in [6, 6.07) is 13.8. The number of para-hydroxylation sites is 1. The summed E-state index contributed by atoms with van der Waals surface area (Å²) in [7, 11) is 0. The van der Waals surface area contributed by atoms with E-state index in [0.29, 0.717) is 37.1 Å². The minimum atomic E-state index is -0.688. The first-order valence-electron chi connectivity index (χ1n) is 12.5. The summed E-state index contributed by atoms with van der Waals surface area (Å²) >= 11 is 0. The highest BCUT2D eigenvalue weighted by Crippen LogP contribution is 2.37. The summed E-state index contributed by atoms with van der Waals surface area (Å²) in [6.07, 6.45) is 4.87. The second kappa shape index (κ2) is 9.97. The molecule has 5 rings (SSSR count). The van der Waals surface area contributed by atoms with E-state index in [4.69, 9.17) is 10.5 Å². The molecule has 5 N–H and O–H groups in total. The van der Waals surface area contributed by atoms with E-state index in [1.54, 1.807) is 12.3 Å². The Kier molecular flexibility index (Phi) is 6.77. The molecule has 2 aliphatic rings. The van der Waals surface area contributed by atoms with Gasteiger partial charge < -0.3 is 25.9 Å². The molecular formula is C27H35N5O3. The number of aromatic amines is 1. The maximum atomic E-state index is 12.6. The zero-order chi connectivity index (χ0) is 24.4. The number of nitrogens with zero attached hydrogens (tertiary/aromatic N) is 2. The number of aromatic nitrogens is 2. The van der Waals surface area contributed by atoms with Crippen LogP contribution in [-0.4, -0.2) is 63.8 Å². The Bertz CT molecular complexity index is 1130. The molecular weight excluding hydrogens is 442 g/mol. The van der Waals surface area contributed by atoms with E-state index < -0.39 is 5.60 Å². The van der Waals surface area contributed by atoms with Crippen molar-refractivity contribution in [2.45, 2.75) is 50.4 Å². The van der Waals surface area contributed by atoms with Gasteiger partial charge in [0.15, 0.2) is 0 Å². The van der Waals surface area contributed by atoms with Crippen molar-refractivity contribution in [3.05, 3.63) is 59.9 Å². The molecule has 1 saturated carbocycles. The third-order valence-electron chi connectivity index (χ3n) is 7.62. The largest absolute Gasteiger partial charge is 0.390 e. The van der Waals surface area contributed by atoms with Crippen LogP contribution in [0.25, 0.3) is 10.9 Å². The molecule has 3 heterocycles. The quantitative estimate of drug-likeness (QED) is 0.415. The number of H-pyrrole nitrogens is 1. The van der Waals surface area contributed by atoms with Crippen molar-refractivity contribution in [3.63, 3.8) is 0 Å². The number of nitrogens with two attached hydrogens (primary N) is 1. The van der Waals surface area contributed by atoms with Gasteiger partial charge in [0.2, 0.25) is 0 Å². The Balaban J connectivity index is 1.11. The number of fused-ring (bicyclic) bond motifs is 1. The molecule has 3 aromatic rings. The predicted molar refractivity (Wildman–Crippen MR) is 136 cm³/mol. The SMILES string of the molecule is C[C@H]1CO[C@@H](c2ccc(N)nc2)CN1CC[C@]1(O)CCC(CNC(=O)c2cc3ccccc3[nH]2)C1. The molecule has 8 nitrogen and oxygen atoms in total. The fourth-order valence-electron chi connectivity index (χ4n) is 5.42. The molecule has 0 bridgehead atoms. The summed E-state index contributed by atoms with van der Waals surface area (Å²) in [5.41, 5.74) is 7.59. The maximum absolute atomic E-state index is 12.6. The Hall–Kier alpha value is -2.94. The molecule has 1 aliphatic carbocycles. The third-order valence-corrected chi connectivity index (χ3v) is 7.62. The lowest BCUT2D eigenvalue weighted by atomic mass is 9.95. The van der Waals surface area contributed by atoms with Crippen LogP contribution in [0.15, 0.2) is 48.7 Å². The standard InChI is InChI=1S/C27H35N5O3/c1-18-17-35-24(21-6-7-25(28)29-15-21)16-32(18)11-10-27(34)9-8-19(13-27)14-30-26(33)23-12-20-4-2-3-5-22(20)31-23/h2-7,12,15,18-19,24,31,34H,8-11,13-14,16-17H2,1H3,(H2,28,29)(H,30,33)/t18-,19?,24+,27+/m0/s1. The summed E-state index contributed by atoms with van der Waals surface area (Å²) in [6.45, 7) is 4.98. The lowest BCUT2D eigenvalue weighted by molar-refractivity contribution is -0.0693. The highest BCUT2D eigenvalue weighted by molar-refractivity contribution is 5.97. The van der Waals surface area contributed by atoms with Crippen LogP contribution in [0.2, 0.25) is 0 Å². The molecule has 0 radical (unpaired) electrons. The normalized spacial score (nSPS) is 27.3. The van der Waals surface area contributed by atoms with E-state index in [2.05, 4.69) is 27.1 Å². The van der Waals surface area contributed by atoms with Crippen molar-refractivity contribution in [1.82, 2.24) is 20.2 Å². The van der Waals surface area contributed by atoms with Crippen molar-refractivity contribution in [2.24, 2.45) is 5.92 Å². The lowest BCUT2D eigenvalue weighted by Crippen LogP contribution is -2.47. The number of nitrogens with one attached hydrogen (secondary N) is 2. The first kappa shape index (κ1) is 23.8. The first-order valence-corrected chi connectivity index (χ1v) is 12.5. The van der Waals surface area contributed by atoms with Crippen LogP contribution in [0.5, 0.6) is 0 Å². The number of carbonyl (C=O) groups is 1. The summed E-state index contributed by atoms with van der Waals surface area (Å²) < 4.78 is 6.04. The van der Waals surface area contributed by atoms with Crippen molar-refractivity contribution in [2.75, 3.05) is 32.0 Å². The van der Waals surface area contributed by atoms with Crippen LogP contribution in [0.1, 0.15) is 54.8 Å². The molecule has 1 saturated heterocycles. The molecule has 1 aliphatic heterocycles. The minimum absolute atomic E-state index is 0.0369. The number of ether oxygens (including phenoxy) is 1. The van der Waals surface area contributed by atoms with Crippen molar-refractivity contribution in [1.29, 1.82) is 0 Å². The van der Waals surface area contributed by atoms with Crippen LogP contribution < -0.4 is 11.1 Å². The summed E-state index contributed by atoms with van der Waals surface area (Å²) in [5.74, 6) is 0.691. The predicted octanol–water partition coefficient (Wildman–Crippen LogP) is 3.26. The topological polar surface area (TPSA) is 116 Å². The van der Waals surface area contributed by atoms with E-state index in [1.165, 1.54) is 0 Å². The molecule has 2 fully saturated rings. The molecule has 186 valence electrons. The fraction of sp³-hybridized carbons (Fsp3) is 0.481. The number of pyridine rings is 1. The van der Waals surface area contributed by atoms with E-state index in [0.717, 1.165) is 48.8 Å². The van der Waals surface area contributed by atoms with E-state index in [9.17, 15) is 9.90 Å². The van der Waals surface area contributed by atoms with Crippen LogP contribution in [0, 0.1) is 5.92 Å². The molecule has 35 heavy (non-hydrogen) atoms. The molecule has 4 atom stereocenters. The van der Waals surface area contributed by atoms with Gasteiger partial charge in [0.25, 0.3) is 5.91 Å². The van der Waals surface area contributed by atoms with Gasteiger partial charge in [0.05, 0.1) is 18.3 Å². The Morgan fingerprint density at radius 1 is 1.34 bits per heavy atom. The van der Waals surface area contributed by atoms with Gasteiger partial charge in [-0.15, -0.1) is 0 Å². The highest BCUT2D eigenvalue weighted by atomic mass is 16.5. The average Bonchev–Trinajstić information content (AvgIpc) is 3.47. The van der Waals surface area contributed by atoms with Crippen molar-refractivity contribution in [3.8, 4) is 0 Å².